The monoisotopic (exact) mass is 257 g/mol. The molecule has 0 spiro atoms. The van der Waals surface area contributed by atoms with Crippen molar-refractivity contribution < 1.29 is 0 Å². The summed E-state index contributed by atoms with van der Waals surface area (Å²) in [5.74, 6) is 1.56. The average Bonchev–Trinajstić information content (AvgIpc) is 2.73. The van der Waals surface area contributed by atoms with Gasteiger partial charge >= 0.3 is 0 Å². The Bertz CT molecular complexity index is 453. The molecule has 1 aromatic rings. The Hall–Kier alpha value is -0.820. The summed E-state index contributed by atoms with van der Waals surface area (Å²) in [5, 5.41) is 0. The molecule has 0 saturated heterocycles. The minimum Gasteiger partial charge on any atom is -0.325 e. The van der Waals surface area contributed by atoms with E-state index in [-0.39, 0.29) is 5.54 Å². The second kappa shape index (κ2) is 4.94. The van der Waals surface area contributed by atoms with E-state index in [0.29, 0.717) is 0 Å². The lowest BCUT2D eigenvalue weighted by atomic mass is 9.70. The highest BCUT2D eigenvalue weighted by atomic mass is 14.8. The van der Waals surface area contributed by atoms with Crippen molar-refractivity contribution in [2.24, 2.45) is 17.6 Å². The van der Waals surface area contributed by atoms with Crippen LogP contribution in [0.2, 0.25) is 0 Å². The van der Waals surface area contributed by atoms with Crippen LogP contribution in [0.5, 0.6) is 0 Å². The van der Waals surface area contributed by atoms with Gasteiger partial charge in [0, 0.05) is 5.54 Å². The second-order valence-corrected chi connectivity index (χ2v) is 7.35. The zero-order chi connectivity index (χ0) is 13.5. The molecule has 19 heavy (non-hydrogen) atoms. The van der Waals surface area contributed by atoms with Crippen LogP contribution in [0.4, 0.5) is 0 Å². The molecule has 1 aromatic carbocycles. The van der Waals surface area contributed by atoms with Gasteiger partial charge in [-0.05, 0) is 73.5 Å². The third-order valence-corrected chi connectivity index (χ3v) is 5.03. The largest absolute Gasteiger partial charge is 0.325 e. The van der Waals surface area contributed by atoms with Crippen molar-refractivity contribution in [3.8, 4) is 0 Å². The van der Waals surface area contributed by atoms with Crippen molar-refractivity contribution in [3.63, 3.8) is 0 Å². The van der Waals surface area contributed by atoms with Gasteiger partial charge in [-0.25, -0.2) is 0 Å². The maximum Gasteiger partial charge on any atom is 0.0200 e. The van der Waals surface area contributed by atoms with Crippen LogP contribution in [0.25, 0.3) is 0 Å². The Labute approximate surface area is 117 Å². The lowest BCUT2D eigenvalue weighted by molar-refractivity contribution is 0.182. The molecule has 2 unspecified atom stereocenters. The molecular weight excluding hydrogens is 230 g/mol. The maximum absolute atomic E-state index is 6.72. The van der Waals surface area contributed by atoms with Gasteiger partial charge in [-0.2, -0.15) is 0 Å². The van der Waals surface area contributed by atoms with Crippen LogP contribution >= 0.6 is 0 Å². The van der Waals surface area contributed by atoms with Crippen molar-refractivity contribution in [2.45, 2.75) is 64.3 Å². The molecule has 1 saturated carbocycles. The molecule has 2 aliphatic rings. The van der Waals surface area contributed by atoms with Crippen molar-refractivity contribution in [1.29, 1.82) is 0 Å². The molecular formula is C18H27N. The molecule has 0 aromatic heterocycles. The average molecular weight is 257 g/mol. The molecule has 1 fully saturated rings. The second-order valence-electron chi connectivity index (χ2n) is 7.35. The number of aryl methyl sites for hydroxylation is 2. The highest BCUT2D eigenvalue weighted by molar-refractivity contribution is 5.36. The molecule has 1 nitrogen and oxygen atoms in total. The fourth-order valence-electron chi connectivity index (χ4n) is 4.61. The Morgan fingerprint density at radius 3 is 2.53 bits per heavy atom. The van der Waals surface area contributed by atoms with Crippen LogP contribution in [0, 0.1) is 11.8 Å². The predicted molar refractivity (Wildman–Crippen MR) is 81.3 cm³/mol. The van der Waals surface area contributed by atoms with Gasteiger partial charge in [0.1, 0.15) is 0 Å². The van der Waals surface area contributed by atoms with Gasteiger partial charge in [0.25, 0.3) is 0 Å². The van der Waals surface area contributed by atoms with Crippen LogP contribution in [-0.2, 0) is 19.3 Å². The first-order chi connectivity index (χ1) is 9.04. The van der Waals surface area contributed by atoms with Gasteiger partial charge in [0.05, 0.1) is 0 Å². The third-order valence-electron chi connectivity index (χ3n) is 5.03. The predicted octanol–water partition coefficient (Wildman–Crippen LogP) is 3.87. The highest BCUT2D eigenvalue weighted by Crippen LogP contribution is 2.36. The van der Waals surface area contributed by atoms with E-state index >= 15 is 0 Å². The summed E-state index contributed by atoms with van der Waals surface area (Å²) in [4.78, 5) is 0. The van der Waals surface area contributed by atoms with Gasteiger partial charge in [-0.1, -0.05) is 32.0 Å². The van der Waals surface area contributed by atoms with Crippen LogP contribution in [0.15, 0.2) is 18.2 Å². The quantitative estimate of drug-likeness (QED) is 0.855. The minimum atomic E-state index is 0.0317. The summed E-state index contributed by atoms with van der Waals surface area (Å²) in [6, 6.07) is 7.10. The number of hydrogen-bond donors (Lipinski definition) is 1. The summed E-state index contributed by atoms with van der Waals surface area (Å²) in [5.41, 5.74) is 11.4. The number of benzene rings is 1. The number of rotatable bonds is 2. The Morgan fingerprint density at radius 2 is 1.79 bits per heavy atom. The highest BCUT2D eigenvalue weighted by Gasteiger charge is 2.34. The van der Waals surface area contributed by atoms with E-state index in [0.717, 1.165) is 18.3 Å². The molecule has 0 bridgehead atoms. The standard InChI is InChI=1S/C18H27N/c1-13-8-14(2)11-18(19,10-13)12-15-6-7-16-4-3-5-17(16)9-15/h6-7,9,13-14H,3-5,8,10-12,19H2,1-2H3. The molecule has 2 aliphatic carbocycles. The van der Waals surface area contributed by atoms with E-state index in [1.165, 1.54) is 44.1 Å². The molecule has 2 atom stereocenters. The van der Waals surface area contributed by atoms with E-state index in [1.807, 2.05) is 0 Å². The summed E-state index contributed by atoms with van der Waals surface area (Å²) in [6.07, 6.45) is 8.67. The lowest BCUT2D eigenvalue weighted by Gasteiger charge is -2.40. The molecule has 0 aliphatic heterocycles. The number of nitrogens with two attached hydrogens (primary N) is 1. The van der Waals surface area contributed by atoms with Gasteiger partial charge in [0.2, 0.25) is 0 Å². The lowest BCUT2D eigenvalue weighted by Crippen LogP contribution is -2.48. The van der Waals surface area contributed by atoms with Gasteiger partial charge in [0.15, 0.2) is 0 Å². The number of fused-ring (bicyclic) bond motifs is 1. The summed E-state index contributed by atoms with van der Waals surface area (Å²) >= 11 is 0. The Morgan fingerprint density at radius 1 is 1.11 bits per heavy atom. The molecule has 0 radical (unpaired) electrons. The topological polar surface area (TPSA) is 26.0 Å². The van der Waals surface area contributed by atoms with E-state index in [1.54, 1.807) is 11.1 Å². The SMILES string of the molecule is CC1CC(C)CC(N)(Cc2ccc3c(c2)CCC3)C1. The first-order valence-electron chi connectivity index (χ1n) is 7.94. The van der Waals surface area contributed by atoms with Crippen molar-refractivity contribution in [3.05, 3.63) is 34.9 Å². The fraction of sp³-hybridized carbons (Fsp3) is 0.667. The fourth-order valence-corrected chi connectivity index (χ4v) is 4.61. The maximum atomic E-state index is 6.72. The summed E-state index contributed by atoms with van der Waals surface area (Å²) in [6.45, 7) is 4.72. The zero-order valence-corrected chi connectivity index (χ0v) is 12.4. The summed E-state index contributed by atoms with van der Waals surface area (Å²) < 4.78 is 0. The first kappa shape index (κ1) is 13.2. The normalized spacial score (nSPS) is 34.3. The zero-order valence-electron chi connectivity index (χ0n) is 12.4. The van der Waals surface area contributed by atoms with Gasteiger partial charge in [-0.15, -0.1) is 0 Å². The van der Waals surface area contributed by atoms with E-state index in [4.69, 9.17) is 5.73 Å². The molecule has 3 rings (SSSR count). The third kappa shape index (κ3) is 2.86. The van der Waals surface area contributed by atoms with Crippen LogP contribution in [0.1, 0.15) is 56.2 Å². The molecule has 104 valence electrons. The van der Waals surface area contributed by atoms with Crippen molar-refractivity contribution in [1.82, 2.24) is 0 Å². The van der Waals surface area contributed by atoms with Gasteiger partial charge in [-0.3, -0.25) is 0 Å². The van der Waals surface area contributed by atoms with Crippen LogP contribution in [-0.4, -0.2) is 5.54 Å². The van der Waals surface area contributed by atoms with E-state index in [9.17, 15) is 0 Å². The molecule has 0 amide bonds. The summed E-state index contributed by atoms with van der Waals surface area (Å²) in [7, 11) is 0. The Kier molecular flexibility index (Phi) is 3.42. The molecule has 0 heterocycles. The molecule has 1 heteroatoms. The van der Waals surface area contributed by atoms with Gasteiger partial charge < -0.3 is 5.73 Å². The van der Waals surface area contributed by atoms with Crippen LogP contribution < -0.4 is 5.73 Å². The number of hydrogen-bond acceptors (Lipinski definition) is 1. The van der Waals surface area contributed by atoms with Crippen molar-refractivity contribution >= 4 is 0 Å². The van der Waals surface area contributed by atoms with E-state index < -0.39 is 0 Å². The first-order valence-corrected chi connectivity index (χ1v) is 7.94. The smallest absolute Gasteiger partial charge is 0.0200 e. The van der Waals surface area contributed by atoms with Crippen molar-refractivity contribution in [2.75, 3.05) is 0 Å². The minimum absolute atomic E-state index is 0.0317. The van der Waals surface area contributed by atoms with Crippen LogP contribution in [0.3, 0.4) is 0 Å². The molecule has 2 N–H and O–H groups in total. The van der Waals surface area contributed by atoms with E-state index in [2.05, 4.69) is 32.0 Å². The Balaban J connectivity index is 1.76.